The van der Waals surface area contributed by atoms with Crippen LogP contribution in [0, 0.1) is 0 Å². The number of aromatic nitrogens is 2. The molecule has 2 aromatic rings. The van der Waals surface area contributed by atoms with Gasteiger partial charge >= 0.3 is 0 Å². The van der Waals surface area contributed by atoms with Gasteiger partial charge in [0.25, 0.3) is 5.89 Å². The van der Waals surface area contributed by atoms with E-state index in [9.17, 15) is 0 Å². The lowest BCUT2D eigenvalue weighted by atomic mass is 10.0. The molecular formula is C12H15N3O2S. The average Bonchev–Trinajstić information content (AvgIpc) is 3.08. The fourth-order valence-corrected chi connectivity index (χ4v) is 3.14. The van der Waals surface area contributed by atoms with Crippen LogP contribution in [0.1, 0.15) is 31.5 Å². The summed E-state index contributed by atoms with van der Waals surface area (Å²) in [5.41, 5.74) is 5.34. The van der Waals surface area contributed by atoms with Gasteiger partial charge in [0.2, 0.25) is 5.82 Å². The molecule has 1 saturated carbocycles. The van der Waals surface area contributed by atoms with Gasteiger partial charge in [-0.05, 0) is 37.8 Å². The molecule has 0 saturated heterocycles. The van der Waals surface area contributed by atoms with E-state index in [0.29, 0.717) is 11.7 Å². The Morgan fingerprint density at radius 3 is 2.78 bits per heavy atom. The molecule has 3 rings (SSSR count). The van der Waals surface area contributed by atoms with E-state index in [2.05, 4.69) is 10.1 Å². The summed E-state index contributed by atoms with van der Waals surface area (Å²) in [6, 6.07) is 3.73. The Morgan fingerprint density at radius 2 is 2.17 bits per heavy atom. The molecule has 96 valence electrons. The summed E-state index contributed by atoms with van der Waals surface area (Å²) in [4.78, 5) is 5.37. The van der Waals surface area contributed by atoms with Crippen LogP contribution in [0.3, 0.4) is 0 Å². The number of anilines is 1. The van der Waals surface area contributed by atoms with Gasteiger partial charge in [0, 0.05) is 7.11 Å². The summed E-state index contributed by atoms with van der Waals surface area (Å²) in [6.45, 7) is 0. The maximum Gasteiger partial charge on any atom is 0.268 e. The normalized spacial score (nSPS) is 18.3. The second kappa shape index (κ2) is 4.37. The highest BCUT2D eigenvalue weighted by atomic mass is 32.1. The molecule has 0 spiro atoms. The monoisotopic (exact) mass is 265 g/mol. The Morgan fingerprint density at radius 1 is 1.39 bits per heavy atom. The van der Waals surface area contributed by atoms with E-state index in [1.807, 2.05) is 12.1 Å². The van der Waals surface area contributed by atoms with Crippen molar-refractivity contribution in [3.8, 4) is 10.8 Å². The van der Waals surface area contributed by atoms with Crippen LogP contribution in [-0.2, 0) is 10.3 Å². The van der Waals surface area contributed by atoms with E-state index < -0.39 is 0 Å². The van der Waals surface area contributed by atoms with Crippen LogP contribution in [0.2, 0.25) is 0 Å². The molecule has 1 aliphatic carbocycles. The van der Waals surface area contributed by atoms with Gasteiger partial charge in [-0.3, -0.25) is 0 Å². The zero-order valence-corrected chi connectivity index (χ0v) is 11.0. The Labute approximate surface area is 109 Å². The lowest BCUT2D eigenvalue weighted by molar-refractivity contribution is -0.0178. The smallest absolute Gasteiger partial charge is 0.268 e. The van der Waals surface area contributed by atoms with Crippen molar-refractivity contribution in [3.63, 3.8) is 0 Å². The van der Waals surface area contributed by atoms with Crippen LogP contribution < -0.4 is 5.73 Å². The molecule has 1 aliphatic rings. The van der Waals surface area contributed by atoms with Crippen molar-refractivity contribution >= 4 is 16.3 Å². The van der Waals surface area contributed by atoms with Gasteiger partial charge in [0.1, 0.15) is 5.60 Å². The van der Waals surface area contributed by atoms with Crippen LogP contribution in [0.25, 0.3) is 10.8 Å². The molecule has 0 aromatic carbocycles. The zero-order valence-electron chi connectivity index (χ0n) is 10.2. The average molecular weight is 265 g/mol. The minimum Gasteiger partial charge on any atom is -0.391 e. The van der Waals surface area contributed by atoms with Gasteiger partial charge in [0.15, 0.2) is 0 Å². The first-order valence-electron chi connectivity index (χ1n) is 5.98. The SMILES string of the molecule is COC1(c2noc(-c3ccc(N)s3)n2)CCCC1. The van der Waals surface area contributed by atoms with E-state index in [-0.39, 0.29) is 5.60 Å². The maximum absolute atomic E-state index is 5.70. The summed E-state index contributed by atoms with van der Waals surface area (Å²) in [6.07, 6.45) is 4.19. The van der Waals surface area contributed by atoms with E-state index in [4.69, 9.17) is 15.0 Å². The molecule has 2 heterocycles. The Kier molecular flexibility index (Phi) is 2.83. The van der Waals surface area contributed by atoms with E-state index >= 15 is 0 Å². The largest absolute Gasteiger partial charge is 0.391 e. The molecule has 0 unspecified atom stereocenters. The summed E-state index contributed by atoms with van der Waals surface area (Å²) in [7, 11) is 1.71. The standard InChI is InChI=1S/C12H15N3O2S/c1-16-12(6-2-3-7-12)11-14-10(17-15-11)8-4-5-9(13)18-8/h4-5H,2-3,6-7,13H2,1H3. The van der Waals surface area contributed by atoms with Crippen molar-refractivity contribution in [3.05, 3.63) is 18.0 Å². The molecule has 18 heavy (non-hydrogen) atoms. The van der Waals surface area contributed by atoms with Gasteiger partial charge in [-0.2, -0.15) is 4.98 Å². The fraction of sp³-hybridized carbons (Fsp3) is 0.500. The van der Waals surface area contributed by atoms with Crippen molar-refractivity contribution in [2.75, 3.05) is 12.8 Å². The summed E-state index contributed by atoms with van der Waals surface area (Å²) >= 11 is 1.44. The predicted octanol–water partition coefficient (Wildman–Crippen LogP) is 2.80. The predicted molar refractivity (Wildman–Crippen MR) is 69.2 cm³/mol. The first kappa shape index (κ1) is 11.7. The molecule has 5 nitrogen and oxygen atoms in total. The molecule has 0 aliphatic heterocycles. The number of methoxy groups -OCH3 is 1. The van der Waals surface area contributed by atoms with E-state index in [0.717, 1.165) is 35.6 Å². The summed E-state index contributed by atoms with van der Waals surface area (Å²) in [5, 5.41) is 4.82. The molecule has 6 heteroatoms. The van der Waals surface area contributed by atoms with E-state index in [1.165, 1.54) is 11.3 Å². The second-order valence-electron chi connectivity index (χ2n) is 4.53. The minimum atomic E-state index is -0.357. The number of hydrogen-bond acceptors (Lipinski definition) is 6. The number of nitrogens with zero attached hydrogens (tertiary/aromatic N) is 2. The Hall–Kier alpha value is -1.40. The quantitative estimate of drug-likeness (QED) is 0.923. The fourth-order valence-electron chi connectivity index (χ4n) is 2.44. The molecule has 2 aromatic heterocycles. The first-order valence-corrected chi connectivity index (χ1v) is 6.80. The molecule has 0 bridgehead atoms. The zero-order chi connectivity index (χ0) is 12.6. The maximum atomic E-state index is 5.70. The number of hydrogen-bond donors (Lipinski definition) is 1. The van der Waals surface area contributed by atoms with Crippen LogP contribution in [0.5, 0.6) is 0 Å². The van der Waals surface area contributed by atoms with Crippen molar-refractivity contribution < 1.29 is 9.26 Å². The lowest BCUT2D eigenvalue weighted by Gasteiger charge is -2.22. The first-order chi connectivity index (χ1) is 8.73. The van der Waals surface area contributed by atoms with Gasteiger partial charge in [-0.25, -0.2) is 0 Å². The van der Waals surface area contributed by atoms with Crippen molar-refractivity contribution in [2.45, 2.75) is 31.3 Å². The number of nitrogens with two attached hydrogens (primary N) is 1. The third-order valence-electron chi connectivity index (χ3n) is 3.47. The third-order valence-corrected chi connectivity index (χ3v) is 4.38. The topological polar surface area (TPSA) is 74.2 Å². The van der Waals surface area contributed by atoms with Crippen molar-refractivity contribution in [1.29, 1.82) is 0 Å². The molecule has 0 radical (unpaired) electrons. The highest BCUT2D eigenvalue weighted by molar-refractivity contribution is 7.19. The highest BCUT2D eigenvalue weighted by Crippen LogP contribution is 2.41. The summed E-state index contributed by atoms with van der Waals surface area (Å²) in [5.74, 6) is 1.18. The minimum absolute atomic E-state index is 0.357. The molecule has 2 N–H and O–H groups in total. The van der Waals surface area contributed by atoms with Gasteiger partial charge < -0.3 is 15.0 Å². The Balaban J connectivity index is 1.93. The molecular weight excluding hydrogens is 250 g/mol. The number of thiophene rings is 1. The van der Waals surface area contributed by atoms with Crippen LogP contribution in [0.4, 0.5) is 5.00 Å². The van der Waals surface area contributed by atoms with Gasteiger partial charge in [0.05, 0.1) is 9.88 Å². The molecule has 1 fully saturated rings. The Bertz CT molecular complexity index is 543. The van der Waals surface area contributed by atoms with Crippen LogP contribution in [-0.4, -0.2) is 17.3 Å². The van der Waals surface area contributed by atoms with Gasteiger partial charge in [-0.1, -0.05) is 5.16 Å². The number of ether oxygens (including phenoxy) is 1. The number of nitrogen functional groups attached to an aromatic ring is 1. The molecule has 0 atom stereocenters. The second-order valence-corrected chi connectivity index (χ2v) is 5.65. The third kappa shape index (κ3) is 1.81. The number of rotatable bonds is 3. The van der Waals surface area contributed by atoms with E-state index in [1.54, 1.807) is 7.11 Å². The van der Waals surface area contributed by atoms with Crippen molar-refractivity contribution in [1.82, 2.24) is 10.1 Å². The van der Waals surface area contributed by atoms with Crippen LogP contribution >= 0.6 is 11.3 Å². The van der Waals surface area contributed by atoms with Crippen LogP contribution in [0.15, 0.2) is 16.7 Å². The lowest BCUT2D eigenvalue weighted by Crippen LogP contribution is -2.25. The highest BCUT2D eigenvalue weighted by Gasteiger charge is 2.40. The van der Waals surface area contributed by atoms with Crippen molar-refractivity contribution in [2.24, 2.45) is 0 Å². The van der Waals surface area contributed by atoms with Gasteiger partial charge in [-0.15, -0.1) is 11.3 Å². The summed E-state index contributed by atoms with van der Waals surface area (Å²) < 4.78 is 11.0. The molecule has 0 amide bonds.